The summed E-state index contributed by atoms with van der Waals surface area (Å²) in [5.74, 6) is 0.933. The van der Waals surface area contributed by atoms with Gasteiger partial charge in [-0.05, 0) is 25.5 Å². The van der Waals surface area contributed by atoms with E-state index in [9.17, 15) is 4.79 Å². The van der Waals surface area contributed by atoms with Gasteiger partial charge in [-0.25, -0.2) is 0 Å². The predicted molar refractivity (Wildman–Crippen MR) is 47.4 cm³/mol. The summed E-state index contributed by atoms with van der Waals surface area (Å²) in [4.78, 5) is 10.9. The lowest BCUT2D eigenvalue weighted by Gasteiger charge is -2.12. The van der Waals surface area contributed by atoms with Crippen LogP contribution in [0.4, 0.5) is 0 Å². The highest BCUT2D eigenvalue weighted by Crippen LogP contribution is 2.16. The van der Waals surface area contributed by atoms with E-state index in [2.05, 4.69) is 13.8 Å². The third-order valence-electron chi connectivity index (χ3n) is 1.42. The summed E-state index contributed by atoms with van der Waals surface area (Å²) in [6.07, 6.45) is 3.00. The molecule has 0 saturated heterocycles. The Bertz CT molecular complexity index is 110. The van der Waals surface area contributed by atoms with Crippen LogP contribution < -0.4 is 0 Å². The first-order valence-electron chi connectivity index (χ1n) is 3.61. The van der Waals surface area contributed by atoms with Crippen molar-refractivity contribution in [3.8, 4) is 0 Å². The van der Waals surface area contributed by atoms with E-state index < -0.39 is 0 Å². The molecule has 1 atom stereocenters. The molecule has 0 saturated carbocycles. The van der Waals surface area contributed by atoms with Crippen LogP contribution in [0.2, 0.25) is 0 Å². The second-order valence-corrected chi connectivity index (χ2v) is 4.00. The van der Waals surface area contributed by atoms with Gasteiger partial charge in [0.1, 0.15) is 5.78 Å². The van der Waals surface area contributed by atoms with E-state index in [1.807, 2.05) is 6.26 Å². The molecule has 2 heteroatoms. The van der Waals surface area contributed by atoms with Crippen LogP contribution in [0.3, 0.4) is 0 Å². The molecule has 1 unspecified atom stereocenters. The first-order chi connectivity index (χ1) is 4.57. The monoisotopic (exact) mass is 160 g/mol. The zero-order valence-electron chi connectivity index (χ0n) is 7.18. The van der Waals surface area contributed by atoms with Crippen molar-refractivity contribution in [2.24, 2.45) is 5.92 Å². The minimum Gasteiger partial charge on any atom is -0.299 e. The summed E-state index contributed by atoms with van der Waals surface area (Å²) in [5.41, 5.74) is 0. The normalized spacial score (nSPS) is 13.7. The third-order valence-corrected chi connectivity index (χ3v) is 2.52. The number of rotatable bonds is 4. The highest BCUT2D eigenvalue weighted by Gasteiger charge is 2.13. The fourth-order valence-electron chi connectivity index (χ4n) is 0.856. The van der Waals surface area contributed by atoms with E-state index in [0.717, 1.165) is 6.42 Å². The molecule has 0 spiro atoms. The van der Waals surface area contributed by atoms with Crippen molar-refractivity contribution < 1.29 is 4.79 Å². The average Bonchev–Trinajstić information content (AvgIpc) is 1.81. The molecule has 0 N–H and O–H groups in total. The fourth-order valence-corrected chi connectivity index (χ4v) is 1.77. The highest BCUT2D eigenvalue weighted by molar-refractivity contribution is 7.99. The smallest absolute Gasteiger partial charge is 0.142 e. The van der Waals surface area contributed by atoms with Gasteiger partial charge in [0.25, 0.3) is 0 Å². The van der Waals surface area contributed by atoms with Crippen LogP contribution in [0.5, 0.6) is 0 Å². The van der Waals surface area contributed by atoms with Crippen molar-refractivity contribution in [3.05, 3.63) is 0 Å². The summed E-state index contributed by atoms with van der Waals surface area (Å²) in [6.45, 7) is 5.96. The number of hydrogen-bond acceptors (Lipinski definition) is 2. The lowest BCUT2D eigenvalue weighted by molar-refractivity contribution is -0.116. The van der Waals surface area contributed by atoms with Crippen LogP contribution in [0.1, 0.15) is 27.2 Å². The topological polar surface area (TPSA) is 17.1 Å². The number of carbonyl (C=O) groups excluding carboxylic acids is 1. The summed E-state index contributed by atoms with van der Waals surface area (Å²) in [5, 5.41) is 0.222. The largest absolute Gasteiger partial charge is 0.299 e. The van der Waals surface area contributed by atoms with Crippen molar-refractivity contribution in [1.29, 1.82) is 0 Å². The molecule has 0 heterocycles. The molecule has 0 aliphatic rings. The summed E-state index contributed by atoms with van der Waals surface area (Å²) < 4.78 is 0. The van der Waals surface area contributed by atoms with Gasteiger partial charge in [-0.2, -0.15) is 11.8 Å². The van der Waals surface area contributed by atoms with Gasteiger partial charge in [0.05, 0.1) is 5.25 Å². The van der Waals surface area contributed by atoms with E-state index in [-0.39, 0.29) is 5.25 Å². The Kier molecular flexibility index (Phi) is 4.79. The third kappa shape index (κ3) is 3.94. The van der Waals surface area contributed by atoms with Gasteiger partial charge in [0.2, 0.25) is 0 Å². The Balaban J connectivity index is 3.72. The second-order valence-electron chi connectivity index (χ2n) is 2.96. The fraction of sp³-hybridized carbons (Fsp3) is 0.875. The first-order valence-corrected chi connectivity index (χ1v) is 4.90. The van der Waals surface area contributed by atoms with Crippen LogP contribution >= 0.6 is 11.8 Å². The lowest BCUT2D eigenvalue weighted by atomic mass is 10.1. The van der Waals surface area contributed by atoms with Gasteiger partial charge in [-0.1, -0.05) is 13.8 Å². The van der Waals surface area contributed by atoms with Gasteiger partial charge in [-0.3, -0.25) is 4.79 Å². The Morgan fingerprint density at radius 1 is 1.50 bits per heavy atom. The van der Waals surface area contributed by atoms with Crippen LogP contribution in [0.15, 0.2) is 0 Å². The van der Waals surface area contributed by atoms with Crippen molar-refractivity contribution in [2.75, 3.05) is 6.26 Å². The Morgan fingerprint density at radius 3 is 2.10 bits per heavy atom. The second kappa shape index (κ2) is 4.78. The molecule has 0 fully saturated rings. The van der Waals surface area contributed by atoms with E-state index in [0.29, 0.717) is 11.7 Å². The molecule has 0 aromatic rings. The molecule has 0 rings (SSSR count). The molecule has 0 aliphatic heterocycles. The minimum absolute atomic E-state index is 0.222. The van der Waals surface area contributed by atoms with Gasteiger partial charge in [0, 0.05) is 0 Å². The van der Waals surface area contributed by atoms with Crippen molar-refractivity contribution in [2.45, 2.75) is 32.4 Å². The molecule has 0 radical (unpaired) electrons. The van der Waals surface area contributed by atoms with Gasteiger partial charge in [-0.15, -0.1) is 0 Å². The van der Waals surface area contributed by atoms with Crippen LogP contribution in [-0.4, -0.2) is 17.3 Å². The zero-order chi connectivity index (χ0) is 8.15. The molecule has 1 nitrogen and oxygen atoms in total. The van der Waals surface area contributed by atoms with E-state index in [1.165, 1.54) is 0 Å². The standard InChI is InChI=1S/C8H16OS/c1-6(2)5-8(10-4)7(3)9/h6,8H,5H2,1-4H3. The first kappa shape index (κ1) is 10.0. The number of hydrogen-bond donors (Lipinski definition) is 0. The SMILES string of the molecule is CSC(CC(C)C)C(C)=O. The van der Waals surface area contributed by atoms with E-state index in [1.54, 1.807) is 18.7 Å². The maximum Gasteiger partial charge on any atom is 0.142 e. The highest BCUT2D eigenvalue weighted by atomic mass is 32.2. The maximum atomic E-state index is 10.9. The minimum atomic E-state index is 0.222. The number of Topliss-reactive ketones (excluding diaryl/α,β-unsaturated/α-hetero) is 1. The molecule has 60 valence electrons. The Labute approximate surface area is 67.6 Å². The van der Waals surface area contributed by atoms with E-state index in [4.69, 9.17) is 0 Å². The Hall–Kier alpha value is 0.0200. The molecule has 0 aromatic carbocycles. The number of thioether (sulfide) groups is 1. The average molecular weight is 160 g/mol. The summed E-state index contributed by atoms with van der Waals surface area (Å²) in [7, 11) is 0. The summed E-state index contributed by atoms with van der Waals surface area (Å²) >= 11 is 1.66. The molecule has 10 heavy (non-hydrogen) atoms. The van der Waals surface area contributed by atoms with E-state index >= 15 is 0 Å². The molecule has 0 bridgehead atoms. The Morgan fingerprint density at radius 2 is 2.00 bits per heavy atom. The van der Waals surface area contributed by atoms with Crippen LogP contribution in [-0.2, 0) is 4.79 Å². The molecular formula is C8H16OS. The van der Waals surface area contributed by atoms with Crippen LogP contribution in [0.25, 0.3) is 0 Å². The maximum absolute atomic E-state index is 10.9. The molecule has 0 aliphatic carbocycles. The van der Waals surface area contributed by atoms with Gasteiger partial charge < -0.3 is 0 Å². The zero-order valence-corrected chi connectivity index (χ0v) is 7.99. The van der Waals surface area contributed by atoms with Crippen molar-refractivity contribution in [1.82, 2.24) is 0 Å². The number of carbonyl (C=O) groups is 1. The lowest BCUT2D eigenvalue weighted by Crippen LogP contribution is -2.15. The number of ketones is 1. The van der Waals surface area contributed by atoms with Gasteiger partial charge in [0.15, 0.2) is 0 Å². The van der Waals surface area contributed by atoms with Crippen LogP contribution in [0, 0.1) is 5.92 Å². The molecular weight excluding hydrogens is 144 g/mol. The van der Waals surface area contributed by atoms with Gasteiger partial charge >= 0.3 is 0 Å². The molecule has 0 aromatic heterocycles. The predicted octanol–water partition coefficient (Wildman–Crippen LogP) is 2.35. The van der Waals surface area contributed by atoms with Crippen molar-refractivity contribution in [3.63, 3.8) is 0 Å². The molecule has 0 amide bonds. The summed E-state index contributed by atoms with van der Waals surface area (Å²) in [6, 6.07) is 0. The van der Waals surface area contributed by atoms with Crippen molar-refractivity contribution >= 4 is 17.5 Å². The quantitative estimate of drug-likeness (QED) is 0.628.